The van der Waals surface area contributed by atoms with Crippen LogP contribution < -0.4 is 0 Å². The van der Waals surface area contributed by atoms with Crippen LogP contribution in [0.15, 0.2) is 0 Å². The van der Waals surface area contributed by atoms with Gasteiger partial charge in [-0.1, -0.05) is 34.6 Å². The molecule has 41 heavy (non-hydrogen) atoms. The Hall–Kier alpha value is -1.14. The fourth-order valence-corrected chi connectivity index (χ4v) is 11.8. The zero-order valence-electron chi connectivity index (χ0n) is 27.4. The van der Waals surface area contributed by atoms with E-state index in [1.165, 1.54) is 32.1 Å². The number of carbonyl (C=O) groups is 2. The van der Waals surface area contributed by atoms with Gasteiger partial charge in [-0.15, -0.1) is 0 Å². The normalized spacial score (nSPS) is 47.2. The lowest BCUT2D eigenvalue weighted by molar-refractivity contribution is -0.232. The lowest BCUT2D eigenvalue weighted by Crippen LogP contribution is -2.64. The first-order chi connectivity index (χ1) is 18.9. The summed E-state index contributed by atoms with van der Waals surface area (Å²) in [7, 11) is 0. The van der Waals surface area contributed by atoms with Crippen molar-refractivity contribution in [1.82, 2.24) is 0 Å². The van der Waals surface area contributed by atoms with E-state index in [9.17, 15) is 14.7 Å². The fraction of sp³-hybridized carbons (Fsp3) is 0.943. The molecule has 5 aliphatic rings. The number of carbonyl (C=O) groups excluding carboxylic acids is 2. The van der Waals surface area contributed by atoms with Crippen molar-refractivity contribution in [2.75, 3.05) is 6.61 Å². The number of ether oxygens (including phenoxy) is 3. The zero-order chi connectivity index (χ0) is 30.2. The summed E-state index contributed by atoms with van der Waals surface area (Å²) in [4.78, 5) is 24.6. The predicted molar refractivity (Wildman–Crippen MR) is 159 cm³/mol. The number of rotatable bonds is 6. The van der Waals surface area contributed by atoms with Crippen LogP contribution in [0.2, 0.25) is 0 Å². The van der Waals surface area contributed by atoms with Crippen molar-refractivity contribution in [2.45, 2.75) is 156 Å². The third-order valence-corrected chi connectivity index (χ3v) is 14.1. The Kier molecular flexibility index (Phi) is 7.79. The maximum absolute atomic E-state index is 12.7. The quantitative estimate of drug-likeness (QED) is 0.266. The topological polar surface area (TPSA) is 82.1 Å². The van der Waals surface area contributed by atoms with Gasteiger partial charge >= 0.3 is 11.9 Å². The maximum Gasteiger partial charge on any atom is 0.317 e. The Morgan fingerprint density at radius 1 is 0.805 bits per heavy atom. The highest BCUT2D eigenvalue weighted by Crippen LogP contribution is 2.76. The second-order valence-corrected chi connectivity index (χ2v) is 16.7. The third-order valence-electron chi connectivity index (χ3n) is 14.1. The number of esters is 2. The molecular formula is C35H58O6. The second-order valence-electron chi connectivity index (χ2n) is 16.7. The van der Waals surface area contributed by atoms with Crippen molar-refractivity contribution in [2.24, 2.45) is 45.3 Å². The van der Waals surface area contributed by atoms with Crippen LogP contribution in [0.4, 0.5) is 0 Å². The van der Waals surface area contributed by atoms with E-state index in [2.05, 4.69) is 41.5 Å². The van der Waals surface area contributed by atoms with E-state index in [4.69, 9.17) is 14.2 Å². The van der Waals surface area contributed by atoms with E-state index in [1.54, 1.807) is 6.92 Å². The van der Waals surface area contributed by atoms with E-state index in [0.717, 1.165) is 32.1 Å². The van der Waals surface area contributed by atoms with E-state index in [-0.39, 0.29) is 52.5 Å². The number of hydrogen-bond donors (Lipinski definition) is 1. The van der Waals surface area contributed by atoms with Crippen molar-refractivity contribution >= 4 is 11.9 Å². The van der Waals surface area contributed by atoms with Gasteiger partial charge in [-0.3, -0.25) is 9.59 Å². The molecule has 1 saturated heterocycles. The summed E-state index contributed by atoms with van der Waals surface area (Å²) in [6, 6.07) is 0. The molecule has 234 valence electrons. The van der Waals surface area contributed by atoms with Gasteiger partial charge in [0.15, 0.2) is 0 Å². The SMILES string of the molecule is CCOC(=O)CC(=O)O[C@@H]1CC[C@]2(C)[C@H]3CC[C@@H]4[C@@H]([C@]5(C)CC[C@H](C(C)(C)O)O5)CC[C@@]4(C)[C@]3(C)CC[C@H]2C1(C)C. The van der Waals surface area contributed by atoms with Crippen molar-refractivity contribution in [3.63, 3.8) is 0 Å². The van der Waals surface area contributed by atoms with Gasteiger partial charge in [-0.25, -0.2) is 0 Å². The molecule has 5 rings (SSSR count). The van der Waals surface area contributed by atoms with Crippen molar-refractivity contribution in [1.29, 1.82) is 0 Å². The van der Waals surface area contributed by atoms with Gasteiger partial charge < -0.3 is 19.3 Å². The smallest absolute Gasteiger partial charge is 0.317 e. The molecule has 0 aromatic carbocycles. The number of aliphatic hydroxyl groups is 1. The Bertz CT molecular complexity index is 1030. The summed E-state index contributed by atoms with van der Waals surface area (Å²) < 4.78 is 17.7. The molecule has 1 N–H and O–H groups in total. The number of hydrogen-bond acceptors (Lipinski definition) is 6. The summed E-state index contributed by atoms with van der Waals surface area (Å²) in [5, 5.41) is 10.7. The van der Waals surface area contributed by atoms with E-state index < -0.39 is 17.5 Å². The number of fused-ring (bicyclic) bond motifs is 5. The molecule has 4 aliphatic carbocycles. The summed E-state index contributed by atoms with van der Waals surface area (Å²) in [5.41, 5.74) is -0.344. The molecule has 0 unspecified atom stereocenters. The lowest BCUT2D eigenvalue weighted by Gasteiger charge is -2.70. The Labute approximate surface area is 249 Å². The molecule has 0 spiro atoms. The highest BCUT2D eigenvalue weighted by atomic mass is 16.6. The standard InChI is InChI=1S/C35H58O6/c1-10-39-28(36)21-29(37)40-26-15-17-32(6)24(30(26,2)3)14-19-34(8)25(32)12-11-22-23(13-18-33(22,34)7)35(9)20-16-27(41-35)31(4,5)38/h22-27,38H,10-21H2,1-9H3/t22-,23+,24+,25-,26-,27-,32+,33-,34-,35+/m1/s1. The average molecular weight is 575 g/mol. The largest absolute Gasteiger partial charge is 0.466 e. The minimum Gasteiger partial charge on any atom is -0.466 e. The Balaban J connectivity index is 1.34. The van der Waals surface area contributed by atoms with Gasteiger partial charge in [0.25, 0.3) is 0 Å². The second kappa shape index (κ2) is 10.2. The van der Waals surface area contributed by atoms with Gasteiger partial charge in [0.05, 0.1) is 23.9 Å². The fourth-order valence-electron chi connectivity index (χ4n) is 11.8. The van der Waals surface area contributed by atoms with E-state index in [0.29, 0.717) is 23.7 Å². The summed E-state index contributed by atoms with van der Waals surface area (Å²) >= 11 is 0. The molecule has 0 amide bonds. The summed E-state index contributed by atoms with van der Waals surface area (Å²) in [6.45, 7) is 20.6. The molecule has 1 heterocycles. The minimum absolute atomic E-state index is 0.0792. The Morgan fingerprint density at radius 2 is 1.49 bits per heavy atom. The van der Waals surface area contributed by atoms with Crippen LogP contribution >= 0.6 is 0 Å². The van der Waals surface area contributed by atoms with Crippen molar-refractivity contribution < 1.29 is 28.9 Å². The van der Waals surface area contributed by atoms with Gasteiger partial charge in [0.2, 0.25) is 0 Å². The monoisotopic (exact) mass is 574 g/mol. The average Bonchev–Trinajstić information content (AvgIpc) is 3.43. The molecule has 0 radical (unpaired) electrons. The molecule has 10 atom stereocenters. The first kappa shape index (κ1) is 31.3. The molecule has 0 aromatic heterocycles. The van der Waals surface area contributed by atoms with Gasteiger partial charge in [0.1, 0.15) is 12.5 Å². The molecule has 5 fully saturated rings. The highest BCUT2D eigenvalue weighted by molar-refractivity contribution is 5.91. The lowest BCUT2D eigenvalue weighted by atomic mass is 9.35. The molecule has 0 aromatic rings. The van der Waals surface area contributed by atoms with Gasteiger partial charge in [-0.2, -0.15) is 0 Å². The molecule has 6 nitrogen and oxygen atoms in total. The van der Waals surface area contributed by atoms with Gasteiger partial charge in [-0.05, 0) is 132 Å². The van der Waals surface area contributed by atoms with E-state index in [1.807, 2.05) is 13.8 Å². The molecule has 0 bridgehead atoms. The first-order valence-electron chi connectivity index (χ1n) is 16.7. The van der Waals surface area contributed by atoms with Crippen LogP contribution in [0.1, 0.15) is 133 Å². The van der Waals surface area contributed by atoms with Crippen LogP contribution in [0, 0.1) is 45.3 Å². The van der Waals surface area contributed by atoms with Crippen molar-refractivity contribution in [3.05, 3.63) is 0 Å². The maximum atomic E-state index is 12.7. The third kappa shape index (κ3) is 4.80. The van der Waals surface area contributed by atoms with E-state index >= 15 is 0 Å². The molecule has 1 aliphatic heterocycles. The summed E-state index contributed by atoms with van der Waals surface area (Å²) in [5.74, 6) is 1.37. The highest BCUT2D eigenvalue weighted by Gasteiger charge is 2.70. The Morgan fingerprint density at radius 3 is 2.12 bits per heavy atom. The molecular weight excluding hydrogens is 516 g/mol. The van der Waals surface area contributed by atoms with Crippen LogP contribution in [-0.4, -0.2) is 47.1 Å². The minimum atomic E-state index is -0.797. The van der Waals surface area contributed by atoms with Crippen LogP contribution in [0.3, 0.4) is 0 Å². The zero-order valence-corrected chi connectivity index (χ0v) is 27.4. The first-order valence-corrected chi connectivity index (χ1v) is 16.7. The van der Waals surface area contributed by atoms with Crippen molar-refractivity contribution in [3.8, 4) is 0 Å². The molecule has 6 heteroatoms. The van der Waals surface area contributed by atoms with Gasteiger partial charge in [0, 0.05) is 5.41 Å². The predicted octanol–water partition coefficient (Wildman–Crippen LogP) is 7.25. The van der Waals surface area contributed by atoms with Crippen LogP contribution in [0.25, 0.3) is 0 Å². The molecule has 4 saturated carbocycles. The summed E-state index contributed by atoms with van der Waals surface area (Å²) in [6.07, 6.45) is 10.7. The van der Waals surface area contributed by atoms with Crippen LogP contribution in [-0.2, 0) is 23.8 Å². The van der Waals surface area contributed by atoms with Crippen LogP contribution in [0.5, 0.6) is 0 Å².